The lowest BCUT2D eigenvalue weighted by Crippen LogP contribution is -2.43. The molecule has 0 spiro atoms. The molecule has 0 bridgehead atoms. The molecule has 20 heteroatoms. The number of likely N-dealkylation sites (tertiary alicyclic amines) is 1. The number of ether oxygens (including phenoxy) is 2. The van der Waals surface area contributed by atoms with Crippen LogP contribution in [-0.2, 0) is 11.2 Å². The number of pyridine rings is 1. The minimum absolute atomic E-state index is 0.0921. The van der Waals surface area contributed by atoms with Crippen molar-refractivity contribution < 1.29 is 45.4 Å². The van der Waals surface area contributed by atoms with Gasteiger partial charge in [-0.3, -0.25) is 4.79 Å². The molecular formula is C25H28B3F6N7O4. The molecule has 2 amide bonds. The Bertz CT molecular complexity index is 1610. The Morgan fingerprint density at radius 1 is 1.13 bits per heavy atom. The van der Waals surface area contributed by atoms with Gasteiger partial charge in [0.1, 0.15) is 47.1 Å². The van der Waals surface area contributed by atoms with Gasteiger partial charge < -0.3 is 25.4 Å². The third-order valence-electron chi connectivity index (χ3n) is 7.32. The maximum atomic E-state index is 14.9. The number of hydrogen-bond donors (Lipinski definition) is 2. The zero-order valence-electron chi connectivity index (χ0n) is 24.5. The van der Waals surface area contributed by atoms with Crippen LogP contribution in [0.5, 0.6) is 5.88 Å². The van der Waals surface area contributed by atoms with Crippen LogP contribution in [0.4, 0.5) is 37.0 Å². The fourth-order valence-corrected chi connectivity index (χ4v) is 5.40. The Kier molecular flexibility index (Phi) is 8.37. The number of nitrogens with one attached hydrogen (secondary N) is 1. The van der Waals surface area contributed by atoms with Gasteiger partial charge in [-0.15, -0.1) is 0 Å². The van der Waals surface area contributed by atoms with Crippen LogP contribution in [0.15, 0.2) is 24.7 Å². The van der Waals surface area contributed by atoms with Gasteiger partial charge in [0.2, 0.25) is 11.8 Å². The average Bonchev–Trinajstić information content (AvgIpc) is 3.46. The van der Waals surface area contributed by atoms with Gasteiger partial charge in [0, 0.05) is 36.4 Å². The first-order chi connectivity index (χ1) is 20.9. The quantitative estimate of drug-likeness (QED) is 0.266. The summed E-state index contributed by atoms with van der Waals surface area (Å²) in [7, 11) is 5.17. The molecule has 2 aliphatic rings. The molecule has 2 atom stereocenters. The van der Waals surface area contributed by atoms with Crippen molar-refractivity contribution in [2.45, 2.75) is 48.9 Å². The van der Waals surface area contributed by atoms with E-state index in [1.54, 1.807) is 29.6 Å². The van der Waals surface area contributed by atoms with Gasteiger partial charge in [-0.25, -0.2) is 32.4 Å². The van der Waals surface area contributed by atoms with Crippen molar-refractivity contribution in [1.82, 2.24) is 29.8 Å². The second-order valence-corrected chi connectivity index (χ2v) is 12.3. The number of aromatic nitrogens is 4. The number of amides is 2. The molecule has 1 aliphatic heterocycles. The van der Waals surface area contributed by atoms with E-state index in [2.05, 4.69) is 25.1 Å². The van der Waals surface area contributed by atoms with Crippen molar-refractivity contribution in [3.63, 3.8) is 0 Å². The first-order valence-corrected chi connectivity index (χ1v) is 14.0. The van der Waals surface area contributed by atoms with Crippen LogP contribution in [0.2, 0.25) is 0 Å². The minimum atomic E-state index is -4.75. The zero-order chi connectivity index (χ0) is 32.9. The summed E-state index contributed by atoms with van der Waals surface area (Å²) in [5.41, 5.74) is 7.87. The number of carbonyl (C=O) groups excluding carboxylic acids is 2. The standard InChI is InChI=1S/C25H28B3F6N7O4/c26-25(27,28)45-21-14(20(42)39-16-8-40(7-15(16)29)22(43)44-9-24(32,33)34)2-13(6-36-21)17-3-12(1-11-4-23(30,31)5-11)18-19(35)37-10-38-41(17)18/h2-3,6,10-11,15-16H,1,4-5,7-9,26-28H2,(H,39,42)(H2,35,37,38)/t15-,16+/m0/s1. The lowest BCUT2D eigenvalue weighted by atomic mass is 9.52. The first-order valence-electron chi connectivity index (χ1n) is 14.0. The van der Waals surface area contributed by atoms with Gasteiger partial charge in [-0.1, -0.05) is 0 Å². The average molecular weight is 637 g/mol. The number of rotatable bonds is 8. The Morgan fingerprint density at radius 3 is 2.49 bits per heavy atom. The highest BCUT2D eigenvalue weighted by atomic mass is 19.4. The van der Waals surface area contributed by atoms with Crippen molar-refractivity contribution in [3.8, 4) is 17.1 Å². The van der Waals surface area contributed by atoms with E-state index >= 15 is 0 Å². The van der Waals surface area contributed by atoms with Crippen LogP contribution >= 0.6 is 0 Å². The van der Waals surface area contributed by atoms with Crippen molar-refractivity contribution in [3.05, 3.63) is 35.8 Å². The van der Waals surface area contributed by atoms with Crippen molar-refractivity contribution in [1.29, 1.82) is 0 Å². The van der Waals surface area contributed by atoms with Crippen molar-refractivity contribution in [2.75, 3.05) is 25.4 Å². The summed E-state index contributed by atoms with van der Waals surface area (Å²) in [4.78, 5) is 34.7. The fourth-order valence-electron chi connectivity index (χ4n) is 5.40. The van der Waals surface area contributed by atoms with Crippen LogP contribution < -0.4 is 15.8 Å². The zero-order valence-corrected chi connectivity index (χ0v) is 24.5. The second-order valence-electron chi connectivity index (χ2n) is 12.3. The number of alkyl halides is 6. The molecule has 4 heterocycles. The largest absolute Gasteiger partial charge is 0.498 e. The summed E-state index contributed by atoms with van der Waals surface area (Å²) < 4.78 is 90.8. The van der Waals surface area contributed by atoms with Crippen LogP contribution in [0.3, 0.4) is 0 Å². The lowest BCUT2D eigenvalue weighted by Gasteiger charge is -2.34. The van der Waals surface area contributed by atoms with E-state index in [1.807, 2.05) is 0 Å². The minimum Gasteiger partial charge on any atom is -0.498 e. The monoisotopic (exact) mass is 637 g/mol. The second kappa shape index (κ2) is 11.7. The molecule has 0 radical (unpaired) electrons. The van der Waals surface area contributed by atoms with E-state index in [-0.39, 0.29) is 36.0 Å². The van der Waals surface area contributed by atoms with Crippen LogP contribution in [0.1, 0.15) is 28.8 Å². The molecule has 1 saturated heterocycles. The van der Waals surface area contributed by atoms with E-state index in [0.29, 0.717) is 28.8 Å². The summed E-state index contributed by atoms with van der Waals surface area (Å²) >= 11 is 0. The highest BCUT2D eigenvalue weighted by molar-refractivity contribution is 6.58. The maximum Gasteiger partial charge on any atom is 0.422 e. The molecule has 0 unspecified atom stereocenters. The number of nitrogens with zero attached hydrogens (tertiary/aromatic N) is 5. The number of hydrogen-bond acceptors (Lipinski definition) is 8. The third kappa shape index (κ3) is 7.41. The van der Waals surface area contributed by atoms with Gasteiger partial charge in [-0.05, 0) is 30.0 Å². The van der Waals surface area contributed by atoms with Gasteiger partial charge in [0.15, 0.2) is 12.4 Å². The molecular weight excluding hydrogens is 609 g/mol. The van der Waals surface area contributed by atoms with Gasteiger partial charge >= 0.3 is 12.3 Å². The number of halogens is 6. The number of nitrogen functional groups attached to an aromatic ring is 1. The molecule has 45 heavy (non-hydrogen) atoms. The summed E-state index contributed by atoms with van der Waals surface area (Å²) in [6.07, 6.45) is -5.50. The molecule has 238 valence electrons. The number of anilines is 1. The van der Waals surface area contributed by atoms with E-state index < -0.39 is 61.3 Å². The van der Waals surface area contributed by atoms with E-state index in [1.165, 1.54) is 23.1 Å². The molecule has 1 aliphatic carbocycles. The van der Waals surface area contributed by atoms with Gasteiger partial charge in [0.25, 0.3) is 5.91 Å². The van der Waals surface area contributed by atoms with Crippen molar-refractivity contribution in [2.24, 2.45) is 5.92 Å². The first kappa shape index (κ1) is 32.3. The number of carbonyl (C=O) groups is 2. The van der Waals surface area contributed by atoms with E-state index in [4.69, 9.17) is 10.5 Å². The van der Waals surface area contributed by atoms with Crippen LogP contribution in [-0.4, -0.2) is 109 Å². The number of nitrogens with two attached hydrogens (primary N) is 1. The summed E-state index contributed by atoms with van der Waals surface area (Å²) in [6.45, 7) is -2.85. The Balaban J connectivity index is 1.43. The molecule has 1 saturated carbocycles. The number of fused-ring (bicyclic) bond motifs is 1. The SMILES string of the molecule is BC(B)(B)Oc1ncc(-c2cc(CC3CC(F)(F)C3)c3c(N)ncnn23)cc1C(=O)N[C@@H]1CN(C(=O)OCC(F)(F)F)C[C@@H]1F. The fraction of sp³-hybridized carbons (Fsp3) is 0.480. The normalized spacial score (nSPS) is 20.2. The van der Waals surface area contributed by atoms with E-state index in [0.717, 1.165) is 4.90 Å². The summed E-state index contributed by atoms with van der Waals surface area (Å²) in [6, 6.07) is 1.87. The third-order valence-corrected chi connectivity index (χ3v) is 7.32. The van der Waals surface area contributed by atoms with Gasteiger partial charge in [0.05, 0.1) is 18.3 Å². The van der Waals surface area contributed by atoms with E-state index in [9.17, 15) is 35.9 Å². The Labute approximate surface area is 255 Å². The molecule has 2 fully saturated rings. The predicted octanol–water partition coefficient (Wildman–Crippen LogP) is 0.302. The summed E-state index contributed by atoms with van der Waals surface area (Å²) in [5.74, 6) is -3.77. The molecule has 3 aromatic rings. The highest BCUT2D eigenvalue weighted by Crippen LogP contribution is 2.45. The van der Waals surface area contributed by atoms with Crippen LogP contribution in [0.25, 0.3) is 16.8 Å². The summed E-state index contributed by atoms with van der Waals surface area (Å²) in [5, 5.41) is 5.94. The highest BCUT2D eigenvalue weighted by Gasteiger charge is 2.45. The Morgan fingerprint density at radius 2 is 1.84 bits per heavy atom. The molecule has 11 nitrogen and oxygen atoms in total. The van der Waals surface area contributed by atoms with Crippen LogP contribution in [0, 0.1) is 5.92 Å². The maximum absolute atomic E-state index is 14.9. The predicted molar refractivity (Wildman–Crippen MR) is 156 cm³/mol. The van der Waals surface area contributed by atoms with Crippen molar-refractivity contribution >= 4 is 46.9 Å². The lowest BCUT2D eigenvalue weighted by molar-refractivity contribution is -0.162. The molecule has 5 rings (SSSR count). The topological polar surface area (TPSA) is 137 Å². The molecule has 3 aromatic heterocycles. The smallest absolute Gasteiger partial charge is 0.422 e. The molecule has 3 N–H and O–H groups in total. The Hall–Kier alpha value is -4.12. The molecule has 0 aromatic carbocycles. The van der Waals surface area contributed by atoms with Gasteiger partial charge in [-0.2, -0.15) is 18.3 Å².